The third-order valence-corrected chi connectivity index (χ3v) is 3.52. The van der Waals surface area contributed by atoms with Crippen LogP contribution in [0.2, 0.25) is 0 Å². The smallest absolute Gasteiger partial charge is 0.147 e. The SMILES string of the molecule is c1ccc2c(c1)OCCC2NCC1CCOCO1. The second-order valence-electron chi connectivity index (χ2n) is 4.74. The van der Waals surface area contributed by atoms with Gasteiger partial charge in [-0.1, -0.05) is 18.2 Å². The summed E-state index contributed by atoms with van der Waals surface area (Å²) in [5, 5.41) is 3.59. The summed E-state index contributed by atoms with van der Waals surface area (Å²) < 4.78 is 16.4. The molecule has 1 N–H and O–H groups in total. The van der Waals surface area contributed by atoms with Gasteiger partial charge in [0.05, 0.1) is 19.3 Å². The molecule has 1 aromatic carbocycles. The first-order valence-corrected chi connectivity index (χ1v) is 6.58. The zero-order chi connectivity index (χ0) is 12.2. The first kappa shape index (κ1) is 12.0. The number of fused-ring (bicyclic) bond motifs is 1. The number of hydrogen-bond donors (Lipinski definition) is 1. The quantitative estimate of drug-likeness (QED) is 0.887. The highest BCUT2D eigenvalue weighted by molar-refractivity contribution is 5.37. The fraction of sp³-hybridized carbons (Fsp3) is 0.571. The van der Waals surface area contributed by atoms with Gasteiger partial charge in [-0.05, 0) is 12.5 Å². The van der Waals surface area contributed by atoms with Crippen molar-refractivity contribution in [3.8, 4) is 5.75 Å². The zero-order valence-electron chi connectivity index (χ0n) is 10.4. The van der Waals surface area contributed by atoms with E-state index in [1.807, 2.05) is 12.1 Å². The maximum Gasteiger partial charge on any atom is 0.147 e. The van der Waals surface area contributed by atoms with Gasteiger partial charge in [0.15, 0.2) is 0 Å². The number of benzene rings is 1. The molecule has 2 atom stereocenters. The summed E-state index contributed by atoms with van der Waals surface area (Å²) in [6.45, 7) is 2.89. The van der Waals surface area contributed by atoms with Gasteiger partial charge in [-0.25, -0.2) is 0 Å². The van der Waals surface area contributed by atoms with Crippen molar-refractivity contribution < 1.29 is 14.2 Å². The van der Waals surface area contributed by atoms with E-state index in [-0.39, 0.29) is 6.10 Å². The Kier molecular flexibility index (Phi) is 3.78. The Balaban J connectivity index is 1.60. The van der Waals surface area contributed by atoms with Gasteiger partial charge in [0.1, 0.15) is 12.5 Å². The molecule has 0 spiro atoms. The summed E-state index contributed by atoms with van der Waals surface area (Å²) in [7, 11) is 0. The van der Waals surface area contributed by atoms with Gasteiger partial charge in [-0.2, -0.15) is 0 Å². The molecule has 2 unspecified atom stereocenters. The van der Waals surface area contributed by atoms with Crippen LogP contribution in [0, 0.1) is 0 Å². The van der Waals surface area contributed by atoms with E-state index >= 15 is 0 Å². The summed E-state index contributed by atoms with van der Waals surface area (Å²) in [5.74, 6) is 1.01. The van der Waals surface area contributed by atoms with Crippen molar-refractivity contribution in [3.05, 3.63) is 29.8 Å². The van der Waals surface area contributed by atoms with Crippen LogP contribution < -0.4 is 10.1 Å². The van der Waals surface area contributed by atoms with E-state index in [1.165, 1.54) is 5.56 Å². The molecule has 4 heteroatoms. The molecule has 1 saturated heterocycles. The minimum Gasteiger partial charge on any atom is -0.493 e. The van der Waals surface area contributed by atoms with E-state index in [2.05, 4.69) is 17.4 Å². The van der Waals surface area contributed by atoms with E-state index in [1.54, 1.807) is 0 Å². The van der Waals surface area contributed by atoms with Crippen molar-refractivity contribution in [2.45, 2.75) is 25.0 Å². The lowest BCUT2D eigenvalue weighted by atomic mass is 10.0. The van der Waals surface area contributed by atoms with Gasteiger partial charge < -0.3 is 19.5 Å². The Labute approximate surface area is 107 Å². The van der Waals surface area contributed by atoms with E-state index in [0.29, 0.717) is 12.8 Å². The van der Waals surface area contributed by atoms with Crippen LogP contribution in [0.25, 0.3) is 0 Å². The fourth-order valence-corrected chi connectivity index (χ4v) is 2.49. The first-order chi connectivity index (χ1) is 8.93. The zero-order valence-corrected chi connectivity index (χ0v) is 10.4. The monoisotopic (exact) mass is 249 g/mol. The Morgan fingerprint density at radius 1 is 1.17 bits per heavy atom. The maximum atomic E-state index is 5.65. The molecule has 2 heterocycles. The van der Waals surface area contributed by atoms with Crippen LogP contribution in [0.3, 0.4) is 0 Å². The molecule has 2 aliphatic heterocycles. The molecule has 18 heavy (non-hydrogen) atoms. The Bertz CT molecular complexity index is 390. The molecule has 1 fully saturated rings. The van der Waals surface area contributed by atoms with Crippen LogP contribution in [-0.2, 0) is 9.47 Å². The molecule has 0 bridgehead atoms. The average molecular weight is 249 g/mol. The van der Waals surface area contributed by atoms with E-state index < -0.39 is 0 Å². The van der Waals surface area contributed by atoms with Crippen LogP contribution >= 0.6 is 0 Å². The summed E-state index contributed by atoms with van der Waals surface area (Å²) >= 11 is 0. The van der Waals surface area contributed by atoms with Crippen LogP contribution in [0.15, 0.2) is 24.3 Å². The van der Waals surface area contributed by atoms with Crippen molar-refractivity contribution in [2.24, 2.45) is 0 Å². The molecule has 1 aromatic rings. The fourth-order valence-electron chi connectivity index (χ4n) is 2.49. The predicted molar refractivity (Wildman–Crippen MR) is 67.6 cm³/mol. The average Bonchev–Trinajstić information content (AvgIpc) is 2.46. The summed E-state index contributed by atoms with van der Waals surface area (Å²) in [6, 6.07) is 8.63. The molecule has 0 aliphatic carbocycles. The van der Waals surface area contributed by atoms with Gasteiger partial charge >= 0.3 is 0 Å². The lowest BCUT2D eigenvalue weighted by Crippen LogP contribution is -2.37. The molecule has 3 rings (SSSR count). The first-order valence-electron chi connectivity index (χ1n) is 6.58. The summed E-state index contributed by atoms with van der Waals surface area (Å²) in [5.41, 5.74) is 1.26. The van der Waals surface area contributed by atoms with Crippen LogP contribution in [0.5, 0.6) is 5.75 Å². The van der Waals surface area contributed by atoms with Crippen molar-refractivity contribution in [2.75, 3.05) is 26.6 Å². The van der Waals surface area contributed by atoms with Crippen LogP contribution in [-0.4, -0.2) is 32.7 Å². The van der Waals surface area contributed by atoms with Crippen molar-refractivity contribution in [1.29, 1.82) is 0 Å². The van der Waals surface area contributed by atoms with Gasteiger partial charge in [0.2, 0.25) is 0 Å². The van der Waals surface area contributed by atoms with Gasteiger partial charge in [-0.15, -0.1) is 0 Å². The third kappa shape index (κ3) is 2.66. The highest BCUT2D eigenvalue weighted by Gasteiger charge is 2.22. The molecule has 0 aromatic heterocycles. The molecular weight excluding hydrogens is 230 g/mol. The molecule has 0 radical (unpaired) electrons. The third-order valence-electron chi connectivity index (χ3n) is 3.52. The Morgan fingerprint density at radius 2 is 2.11 bits per heavy atom. The van der Waals surface area contributed by atoms with E-state index in [4.69, 9.17) is 14.2 Å². The number of nitrogens with one attached hydrogen (secondary N) is 1. The minimum absolute atomic E-state index is 0.272. The Hall–Kier alpha value is -1.10. The van der Waals surface area contributed by atoms with Crippen molar-refractivity contribution >= 4 is 0 Å². The summed E-state index contributed by atoms with van der Waals surface area (Å²) in [6.07, 6.45) is 2.26. The number of para-hydroxylation sites is 1. The lowest BCUT2D eigenvalue weighted by molar-refractivity contribution is -0.137. The second-order valence-corrected chi connectivity index (χ2v) is 4.74. The lowest BCUT2D eigenvalue weighted by Gasteiger charge is -2.29. The molecule has 0 amide bonds. The maximum absolute atomic E-state index is 5.65. The Morgan fingerprint density at radius 3 is 3.00 bits per heavy atom. The van der Waals surface area contributed by atoms with Crippen molar-refractivity contribution in [3.63, 3.8) is 0 Å². The molecule has 0 saturated carbocycles. The van der Waals surface area contributed by atoms with Crippen molar-refractivity contribution in [1.82, 2.24) is 5.32 Å². The number of ether oxygens (including phenoxy) is 3. The van der Waals surface area contributed by atoms with Gasteiger partial charge in [0.25, 0.3) is 0 Å². The van der Waals surface area contributed by atoms with E-state index in [0.717, 1.165) is 38.3 Å². The number of hydrogen-bond acceptors (Lipinski definition) is 4. The molecular formula is C14H19NO3. The number of rotatable bonds is 3. The summed E-state index contributed by atoms with van der Waals surface area (Å²) in [4.78, 5) is 0. The normalized spacial score (nSPS) is 27.3. The topological polar surface area (TPSA) is 39.7 Å². The second kappa shape index (κ2) is 5.69. The molecule has 2 aliphatic rings. The molecule has 98 valence electrons. The highest BCUT2D eigenvalue weighted by Crippen LogP contribution is 2.31. The van der Waals surface area contributed by atoms with Gasteiger partial charge in [0, 0.05) is 24.6 Å². The highest BCUT2D eigenvalue weighted by atomic mass is 16.7. The van der Waals surface area contributed by atoms with Gasteiger partial charge in [-0.3, -0.25) is 0 Å². The standard InChI is InChI=1S/C14H19NO3/c1-2-4-14-12(3-1)13(6-8-17-14)15-9-11-5-7-16-10-18-11/h1-4,11,13,15H,5-10H2. The van der Waals surface area contributed by atoms with Crippen LogP contribution in [0.1, 0.15) is 24.4 Å². The predicted octanol–water partition coefficient (Wildman–Crippen LogP) is 1.86. The molecule has 4 nitrogen and oxygen atoms in total. The largest absolute Gasteiger partial charge is 0.493 e. The van der Waals surface area contributed by atoms with Crippen LogP contribution in [0.4, 0.5) is 0 Å². The minimum atomic E-state index is 0.272. The van der Waals surface area contributed by atoms with E-state index in [9.17, 15) is 0 Å².